The molecule has 2 heteroatoms. The summed E-state index contributed by atoms with van der Waals surface area (Å²) in [6.07, 6.45) is 1.99. The van der Waals surface area contributed by atoms with Crippen LogP contribution in [-0.2, 0) is 5.41 Å². The van der Waals surface area contributed by atoms with Crippen LogP contribution in [0.2, 0.25) is 0 Å². The van der Waals surface area contributed by atoms with Crippen LogP contribution in [0.4, 0.5) is 0 Å². The van der Waals surface area contributed by atoms with Crippen molar-refractivity contribution in [3.8, 4) is 0 Å². The van der Waals surface area contributed by atoms with E-state index >= 15 is 0 Å². The number of pyridine rings is 1. The minimum absolute atomic E-state index is 0.225. The van der Waals surface area contributed by atoms with Gasteiger partial charge in [-0.2, -0.15) is 0 Å². The molecule has 0 amide bonds. The quantitative estimate of drug-likeness (QED) is 0.606. The third-order valence-corrected chi connectivity index (χ3v) is 2.69. The second kappa shape index (κ2) is 3.53. The van der Waals surface area contributed by atoms with Crippen molar-refractivity contribution in [2.24, 2.45) is 0 Å². The van der Waals surface area contributed by atoms with Crippen molar-refractivity contribution < 1.29 is 0 Å². The molecule has 0 spiro atoms. The number of hydrogen-bond donors (Lipinski definition) is 0. The Bertz CT molecular complexity index is 246. The van der Waals surface area contributed by atoms with Crippen molar-refractivity contribution in [3.05, 3.63) is 23.9 Å². The molecule has 66 valence electrons. The highest BCUT2D eigenvalue weighted by Crippen LogP contribution is 2.20. The molecule has 1 nitrogen and oxygen atoms in total. The Kier molecular flexibility index (Phi) is 2.85. The molecule has 1 atom stereocenters. The zero-order chi connectivity index (χ0) is 9.19. The highest BCUT2D eigenvalue weighted by atomic mass is 31.1. The Hall–Kier alpha value is -0.420. The van der Waals surface area contributed by atoms with Crippen LogP contribution in [0, 0.1) is 0 Å². The van der Waals surface area contributed by atoms with Crippen LogP contribution in [0.15, 0.2) is 18.3 Å². The predicted molar refractivity (Wildman–Crippen MR) is 56.8 cm³/mol. The molecule has 1 heterocycles. The average Bonchev–Trinajstić information content (AvgIpc) is 2.03. The van der Waals surface area contributed by atoms with Crippen molar-refractivity contribution in [2.75, 3.05) is 6.66 Å². The maximum atomic E-state index is 4.38. The van der Waals surface area contributed by atoms with Crippen LogP contribution in [0.5, 0.6) is 0 Å². The molecule has 1 aromatic rings. The Morgan fingerprint density at radius 2 is 1.92 bits per heavy atom. The first-order chi connectivity index (χ1) is 5.54. The van der Waals surface area contributed by atoms with Gasteiger partial charge in [0.1, 0.15) is 0 Å². The molecular weight excluding hydrogens is 165 g/mol. The summed E-state index contributed by atoms with van der Waals surface area (Å²) in [7, 11) is 0.799. The van der Waals surface area contributed by atoms with Crippen molar-refractivity contribution in [1.29, 1.82) is 0 Å². The smallest absolute Gasteiger partial charge is 0.0597 e. The van der Waals surface area contributed by atoms with Gasteiger partial charge in [-0.05, 0) is 23.7 Å². The molecule has 0 bridgehead atoms. The van der Waals surface area contributed by atoms with Gasteiger partial charge >= 0.3 is 0 Å². The van der Waals surface area contributed by atoms with Gasteiger partial charge in [0, 0.05) is 6.20 Å². The monoisotopic (exact) mass is 181 g/mol. The highest BCUT2D eigenvalue weighted by molar-refractivity contribution is 7.45. The molecule has 0 N–H and O–H groups in total. The fraction of sp³-hybridized carbons (Fsp3) is 0.500. The summed E-state index contributed by atoms with van der Waals surface area (Å²) >= 11 is 0. The number of rotatable bonds is 1. The van der Waals surface area contributed by atoms with E-state index in [9.17, 15) is 0 Å². The number of aromatic nitrogens is 1. The van der Waals surface area contributed by atoms with E-state index in [0.717, 1.165) is 8.58 Å². The summed E-state index contributed by atoms with van der Waals surface area (Å²) in [4.78, 5) is 4.38. The van der Waals surface area contributed by atoms with Gasteiger partial charge in [-0.3, -0.25) is 4.98 Å². The van der Waals surface area contributed by atoms with Gasteiger partial charge < -0.3 is 0 Å². The minimum Gasteiger partial charge on any atom is -0.257 e. The molecule has 0 aliphatic carbocycles. The summed E-state index contributed by atoms with van der Waals surface area (Å²) in [5.74, 6) is 0. The fourth-order valence-corrected chi connectivity index (χ4v) is 1.43. The third-order valence-electron chi connectivity index (χ3n) is 1.89. The van der Waals surface area contributed by atoms with Gasteiger partial charge in [0.15, 0.2) is 0 Å². The standard InChI is InChI=1S/C10H16NP/c1-10(2,3)8-5-6-9(12-4)11-7-8/h5-7,12H,1-4H3. The summed E-state index contributed by atoms with van der Waals surface area (Å²) < 4.78 is 0. The number of hydrogen-bond acceptors (Lipinski definition) is 1. The topological polar surface area (TPSA) is 12.9 Å². The van der Waals surface area contributed by atoms with Crippen molar-refractivity contribution >= 4 is 14.0 Å². The van der Waals surface area contributed by atoms with Crippen LogP contribution in [0.25, 0.3) is 0 Å². The molecule has 1 rings (SSSR count). The molecule has 0 aliphatic heterocycles. The maximum Gasteiger partial charge on any atom is 0.0597 e. The molecular formula is C10H16NP. The van der Waals surface area contributed by atoms with E-state index in [0.29, 0.717) is 0 Å². The average molecular weight is 181 g/mol. The van der Waals surface area contributed by atoms with Gasteiger partial charge in [0.25, 0.3) is 0 Å². The zero-order valence-electron chi connectivity index (χ0n) is 8.18. The lowest BCUT2D eigenvalue weighted by Gasteiger charge is -2.18. The Morgan fingerprint density at radius 3 is 2.25 bits per heavy atom. The predicted octanol–water partition coefficient (Wildman–Crippen LogP) is 2.31. The van der Waals surface area contributed by atoms with E-state index in [2.05, 4.69) is 44.6 Å². The van der Waals surface area contributed by atoms with Crippen LogP contribution in [-0.4, -0.2) is 11.6 Å². The Morgan fingerprint density at radius 1 is 1.25 bits per heavy atom. The first-order valence-electron chi connectivity index (χ1n) is 4.18. The van der Waals surface area contributed by atoms with Crippen molar-refractivity contribution in [3.63, 3.8) is 0 Å². The molecule has 12 heavy (non-hydrogen) atoms. The molecule has 0 saturated heterocycles. The summed E-state index contributed by atoms with van der Waals surface area (Å²) in [5, 5.41) is 0. The van der Waals surface area contributed by atoms with Gasteiger partial charge in [0.2, 0.25) is 0 Å². The second-order valence-electron chi connectivity index (χ2n) is 3.93. The molecule has 1 unspecified atom stereocenters. The molecule has 0 saturated carbocycles. The van der Waals surface area contributed by atoms with E-state index in [4.69, 9.17) is 0 Å². The minimum atomic E-state index is 0.225. The molecule has 0 fully saturated rings. The second-order valence-corrected chi connectivity index (χ2v) is 4.94. The summed E-state index contributed by atoms with van der Waals surface area (Å²) in [5.41, 5.74) is 2.73. The van der Waals surface area contributed by atoms with Gasteiger partial charge in [-0.15, -0.1) is 0 Å². The summed E-state index contributed by atoms with van der Waals surface area (Å²) in [6.45, 7) is 8.77. The molecule has 0 radical (unpaired) electrons. The molecule has 0 aliphatic rings. The Balaban J connectivity index is 2.93. The van der Waals surface area contributed by atoms with Crippen molar-refractivity contribution in [2.45, 2.75) is 26.2 Å². The van der Waals surface area contributed by atoms with Crippen LogP contribution >= 0.6 is 8.58 Å². The lowest BCUT2D eigenvalue weighted by Crippen LogP contribution is -2.13. The summed E-state index contributed by atoms with van der Waals surface area (Å²) in [6, 6.07) is 4.30. The van der Waals surface area contributed by atoms with Gasteiger partial charge in [0.05, 0.1) is 5.44 Å². The van der Waals surface area contributed by atoms with E-state index in [-0.39, 0.29) is 5.41 Å². The lowest BCUT2D eigenvalue weighted by atomic mass is 9.88. The van der Waals surface area contributed by atoms with Crippen LogP contribution in [0.3, 0.4) is 0 Å². The first kappa shape index (κ1) is 9.67. The van der Waals surface area contributed by atoms with Gasteiger partial charge in [-0.25, -0.2) is 0 Å². The van der Waals surface area contributed by atoms with Crippen LogP contribution < -0.4 is 5.44 Å². The van der Waals surface area contributed by atoms with E-state index in [1.54, 1.807) is 0 Å². The zero-order valence-corrected chi connectivity index (χ0v) is 9.18. The van der Waals surface area contributed by atoms with E-state index in [1.165, 1.54) is 11.0 Å². The van der Waals surface area contributed by atoms with Crippen LogP contribution in [0.1, 0.15) is 26.3 Å². The van der Waals surface area contributed by atoms with E-state index < -0.39 is 0 Å². The normalized spacial score (nSPS) is 12.7. The van der Waals surface area contributed by atoms with E-state index in [1.807, 2.05) is 6.20 Å². The Labute approximate surface area is 76.4 Å². The maximum absolute atomic E-state index is 4.38. The van der Waals surface area contributed by atoms with Gasteiger partial charge in [-0.1, -0.05) is 35.4 Å². The largest absolute Gasteiger partial charge is 0.257 e. The molecule has 0 aromatic carbocycles. The highest BCUT2D eigenvalue weighted by Gasteiger charge is 2.12. The SMILES string of the molecule is CPc1ccc(C(C)(C)C)cn1. The first-order valence-corrected chi connectivity index (χ1v) is 5.68. The lowest BCUT2D eigenvalue weighted by molar-refractivity contribution is 0.588. The third kappa shape index (κ3) is 2.28. The number of nitrogens with zero attached hydrogens (tertiary/aromatic N) is 1. The molecule has 1 aromatic heterocycles. The van der Waals surface area contributed by atoms with Crippen molar-refractivity contribution in [1.82, 2.24) is 4.98 Å². The fourth-order valence-electron chi connectivity index (χ4n) is 0.985.